The molecule has 0 unspecified atom stereocenters. The Morgan fingerprint density at radius 1 is 1.12 bits per heavy atom. The van der Waals surface area contributed by atoms with Gasteiger partial charge in [0.1, 0.15) is 0 Å². The Bertz CT molecular complexity index is 510. The first-order chi connectivity index (χ1) is 7.54. The van der Waals surface area contributed by atoms with E-state index in [1.807, 2.05) is 12.1 Å². The highest BCUT2D eigenvalue weighted by atomic mass is 16.2. The van der Waals surface area contributed by atoms with Crippen molar-refractivity contribution in [2.45, 2.75) is 13.8 Å². The average Bonchev–Trinajstić information content (AvgIpc) is 2.26. The molecule has 3 nitrogen and oxygen atoms in total. The molecule has 82 valence electrons. The molecule has 1 aliphatic rings. The molecule has 3 heteroatoms. The maximum Gasteiger partial charge on any atom is 0.261 e. The number of Topliss-reactive ketones (excluding diaryl/α,β-unsaturated/α-hetero) is 1. The topological polar surface area (TPSA) is 37.4 Å². The fraction of sp³-hybridized carbons (Fsp3) is 0.231. The molecule has 0 radical (unpaired) electrons. The zero-order valence-corrected chi connectivity index (χ0v) is 9.57. The van der Waals surface area contributed by atoms with Crippen molar-refractivity contribution in [2.24, 2.45) is 0 Å². The van der Waals surface area contributed by atoms with E-state index in [-0.39, 0.29) is 11.7 Å². The second-order valence-corrected chi connectivity index (χ2v) is 4.09. The Morgan fingerprint density at radius 2 is 1.75 bits per heavy atom. The zero-order valence-electron chi connectivity index (χ0n) is 9.57. The van der Waals surface area contributed by atoms with Crippen LogP contribution in [-0.2, 0) is 4.79 Å². The molecular formula is C13H13NO2. The molecule has 0 fully saturated rings. The molecule has 1 heterocycles. The molecule has 0 atom stereocenters. The second kappa shape index (κ2) is 3.59. The molecule has 0 spiro atoms. The average molecular weight is 215 g/mol. The minimum absolute atomic E-state index is 0.168. The van der Waals surface area contributed by atoms with Gasteiger partial charge in [-0.3, -0.25) is 9.59 Å². The van der Waals surface area contributed by atoms with Crippen LogP contribution < -0.4 is 4.90 Å². The normalized spacial score (nSPS) is 15.2. The van der Waals surface area contributed by atoms with Crippen LogP contribution in [-0.4, -0.2) is 18.7 Å². The number of anilines is 1. The van der Waals surface area contributed by atoms with Gasteiger partial charge in [-0.25, -0.2) is 0 Å². The molecule has 0 N–H and O–H groups in total. The molecule has 16 heavy (non-hydrogen) atoms. The van der Waals surface area contributed by atoms with E-state index in [2.05, 4.69) is 0 Å². The number of fused-ring (bicyclic) bond motifs is 1. The van der Waals surface area contributed by atoms with Gasteiger partial charge in [0, 0.05) is 12.6 Å². The summed E-state index contributed by atoms with van der Waals surface area (Å²) in [4.78, 5) is 25.6. The molecule has 1 aliphatic heterocycles. The van der Waals surface area contributed by atoms with Gasteiger partial charge in [0.2, 0.25) is 5.78 Å². The van der Waals surface area contributed by atoms with Crippen LogP contribution in [0.4, 0.5) is 5.69 Å². The lowest BCUT2D eigenvalue weighted by molar-refractivity contribution is -0.114. The molecular weight excluding hydrogens is 202 g/mol. The van der Waals surface area contributed by atoms with Crippen molar-refractivity contribution >= 4 is 17.4 Å². The summed E-state index contributed by atoms with van der Waals surface area (Å²) in [7, 11) is 1.69. The third-order valence-corrected chi connectivity index (χ3v) is 2.76. The molecule has 0 saturated carbocycles. The molecule has 2 rings (SSSR count). The Balaban J connectivity index is 2.71. The number of benzene rings is 1. The Morgan fingerprint density at radius 3 is 2.38 bits per heavy atom. The van der Waals surface area contributed by atoms with Gasteiger partial charge in [-0.1, -0.05) is 17.7 Å². The third-order valence-electron chi connectivity index (χ3n) is 2.76. The van der Waals surface area contributed by atoms with E-state index in [0.29, 0.717) is 16.8 Å². The number of para-hydroxylation sites is 1. The predicted octanol–water partition coefficient (Wildman–Crippen LogP) is 2.18. The van der Waals surface area contributed by atoms with E-state index in [1.165, 1.54) is 4.90 Å². The molecule has 0 bridgehead atoms. The quantitative estimate of drug-likeness (QED) is 0.491. The van der Waals surface area contributed by atoms with E-state index >= 15 is 0 Å². The fourth-order valence-electron chi connectivity index (χ4n) is 1.91. The van der Waals surface area contributed by atoms with E-state index in [0.717, 1.165) is 5.57 Å². The number of amides is 1. The molecule has 1 aromatic carbocycles. The molecule has 0 aromatic heterocycles. The van der Waals surface area contributed by atoms with Crippen LogP contribution in [0.25, 0.3) is 0 Å². The van der Waals surface area contributed by atoms with Crippen LogP contribution in [0.2, 0.25) is 0 Å². The van der Waals surface area contributed by atoms with Crippen LogP contribution in [0, 0.1) is 0 Å². The maximum atomic E-state index is 12.1. The molecule has 0 aliphatic carbocycles. The highest BCUT2D eigenvalue weighted by Gasteiger charge is 2.32. The summed E-state index contributed by atoms with van der Waals surface area (Å²) in [5.74, 6) is -0.387. The highest BCUT2D eigenvalue weighted by Crippen LogP contribution is 2.30. The van der Waals surface area contributed by atoms with Crippen molar-refractivity contribution in [3.05, 3.63) is 41.0 Å². The van der Waals surface area contributed by atoms with Gasteiger partial charge in [-0.15, -0.1) is 0 Å². The van der Waals surface area contributed by atoms with Gasteiger partial charge in [0.25, 0.3) is 5.91 Å². The van der Waals surface area contributed by atoms with Crippen LogP contribution in [0.15, 0.2) is 35.4 Å². The number of nitrogens with zero attached hydrogens (tertiary/aromatic N) is 1. The Kier molecular flexibility index (Phi) is 2.38. The van der Waals surface area contributed by atoms with Crippen molar-refractivity contribution in [3.8, 4) is 0 Å². The number of hydrogen-bond acceptors (Lipinski definition) is 2. The Labute approximate surface area is 94.4 Å². The summed E-state index contributed by atoms with van der Waals surface area (Å²) in [5, 5.41) is 0. The van der Waals surface area contributed by atoms with Crippen molar-refractivity contribution in [1.29, 1.82) is 0 Å². The molecule has 0 saturated heterocycles. The van der Waals surface area contributed by atoms with E-state index in [1.54, 1.807) is 33.0 Å². The number of hydrogen-bond donors (Lipinski definition) is 0. The van der Waals surface area contributed by atoms with E-state index in [4.69, 9.17) is 0 Å². The lowest BCUT2D eigenvalue weighted by atomic mass is 9.93. The minimum Gasteiger partial charge on any atom is -0.311 e. The summed E-state index contributed by atoms with van der Waals surface area (Å²) < 4.78 is 0. The first-order valence-electron chi connectivity index (χ1n) is 5.13. The fourth-order valence-corrected chi connectivity index (χ4v) is 1.91. The number of likely N-dealkylation sites (N-methyl/N-ethyl adjacent to an activating group) is 1. The minimum atomic E-state index is -0.219. The van der Waals surface area contributed by atoms with Gasteiger partial charge in [-0.05, 0) is 26.0 Å². The van der Waals surface area contributed by atoms with Gasteiger partial charge in [0.15, 0.2) is 0 Å². The lowest BCUT2D eigenvalue weighted by Crippen LogP contribution is -2.37. The summed E-state index contributed by atoms with van der Waals surface area (Å²) in [5.41, 5.74) is 2.33. The smallest absolute Gasteiger partial charge is 0.261 e. The SMILES string of the molecule is CC(C)=C1C(=O)c2ccccc2N(C)C1=O. The van der Waals surface area contributed by atoms with E-state index in [9.17, 15) is 9.59 Å². The number of rotatable bonds is 0. The van der Waals surface area contributed by atoms with Crippen LogP contribution >= 0.6 is 0 Å². The first kappa shape index (κ1) is 10.6. The van der Waals surface area contributed by atoms with Gasteiger partial charge in [-0.2, -0.15) is 0 Å². The number of ketones is 1. The van der Waals surface area contributed by atoms with Crippen molar-refractivity contribution in [3.63, 3.8) is 0 Å². The highest BCUT2D eigenvalue weighted by molar-refractivity contribution is 6.34. The zero-order chi connectivity index (χ0) is 11.9. The van der Waals surface area contributed by atoms with Crippen LogP contribution in [0.1, 0.15) is 24.2 Å². The van der Waals surface area contributed by atoms with Crippen LogP contribution in [0.3, 0.4) is 0 Å². The van der Waals surface area contributed by atoms with Gasteiger partial charge >= 0.3 is 0 Å². The standard InChI is InChI=1S/C13H13NO2/c1-8(2)11-12(15)9-6-4-5-7-10(9)14(3)13(11)16/h4-7H,1-3H3. The lowest BCUT2D eigenvalue weighted by Gasteiger charge is -2.27. The summed E-state index contributed by atoms with van der Waals surface area (Å²) >= 11 is 0. The predicted molar refractivity (Wildman–Crippen MR) is 62.6 cm³/mol. The first-order valence-corrected chi connectivity index (χ1v) is 5.13. The largest absolute Gasteiger partial charge is 0.311 e. The number of carbonyl (C=O) groups excluding carboxylic acids is 2. The monoisotopic (exact) mass is 215 g/mol. The summed E-state index contributed by atoms with van der Waals surface area (Å²) in [6.07, 6.45) is 0. The van der Waals surface area contributed by atoms with Crippen LogP contribution in [0.5, 0.6) is 0 Å². The van der Waals surface area contributed by atoms with Crippen molar-refractivity contribution < 1.29 is 9.59 Å². The second-order valence-electron chi connectivity index (χ2n) is 4.09. The molecule has 1 aromatic rings. The summed E-state index contributed by atoms with van der Waals surface area (Å²) in [6.45, 7) is 3.57. The maximum absolute atomic E-state index is 12.1. The third kappa shape index (κ3) is 1.36. The van der Waals surface area contributed by atoms with Crippen molar-refractivity contribution in [2.75, 3.05) is 11.9 Å². The van der Waals surface area contributed by atoms with Gasteiger partial charge in [0.05, 0.1) is 11.3 Å². The number of allylic oxidation sites excluding steroid dienone is 1. The summed E-state index contributed by atoms with van der Waals surface area (Å²) in [6, 6.07) is 7.17. The van der Waals surface area contributed by atoms with Crippen molar-refractivity contribution in [1.82, 2.24) is 0 Å². The number of carbonyl (C=O) groups is 2. The van der Waals surface area contributed by atoms with E-state index < -0.39 is 0 Å². The molecule has 1 amide bonds. The van der Waals surface area contributed by atoms with Gasteiger partial charge < -0.3 is 4.90 Å². The Hall–Kier alpha value is -1.90.